The van der Waals surface area contributed by atoms with E-state index in [2.05, 4.69) is 17.1 Å². The van der Waals surface area contributed by atoms with Gasteiger partial charge in [-0.25, -0.2) is 0 Å². The second-order valence-corrected chi connectivity index (χ2v) is 4.32. The smallest absolute Gasteiger partial charge is 0.193 e. The van der Waals surface area contributed by atoms with Crippen LogP contribution < -0.4 is 5.43 Å². The van der Waals surface area contributed by atoms with Gasteiger partial charge in [-0.15, -0.1) is 0 Å². The van der Waals surface area contributed by atoms with E-state index < -0.39 is 0 Å². The zero-order valence-corrected chi connectivity index (χ0v) is 9.59. The van der Waals surface area contributed by atoms with Crippen LogP contribution in [0, 0.1) is 0 Å². The van der Waals surface area contributed by atoms with Crippen molar-refractivity contribution in [2.45, 2.75) is 6.04 Å². The predicted octanol–water partition coefficient (Wildman–Crippen LogP) is 2.34. The molecule has 3 nitrogen and oxygen atoms in total. The van der Waals surface area contributed by atoms with Gasteiger partial charge in [-0.3, -0.25) is 9.69 Å². The monoisotopic (exact) mass is 227 g/mol. The van der Waals surface area contributed by atoms with E-state index in [1.54, 1.807) is 12.1 Å². The Morgan fingerprint density at radius 3 is 2.94 bits per heavy atom. The molecule has 0 bridgehead atoms. The molecule has 1 unspecified atom stereocenters. The Bertz CT molecular complexity index is 642. The Kier molecular flexibility index (Phi) is 2.34. The third kappa shape index (κ3) is 1.68. The number of nitrogens with zero attached hydrogens (tertiary/aromatic N) is 1. The average molecular weight is 227 g/mol. The molecule has 0 fully saturated rings. The highest BCUT2D eigenvalue weighted by atomic mass is 16.3. The van der Waals surface area contributed by atoms with Gasteiger partial charge >= 0.3 is 0 Å². The Morgan fingerprint density at radius 2 is 2.18 bits per heavy atom. The Morgan fingerprint density at radius 1 is 1.35 bits per heavy atom. The molecule has 0 radical (unpaired) electrons. The summed E-state index contributed by atoms with van der Waals surface area (Å²) in [6, 6.07) is 9.02. The predicted molar refractivity (Wildman–Crippen MR) is 67.0 cm³/mol. The number of hydrogen-bond acceptors (Lipinski definition) is 3. The van der Waals surface area contributed by atoms with Crippen molar-refractivity contribution >= 4 is 11.0 Å². The van der Waals surface area contributed by atoms with E-state index >= 15 is 0 Å². The van der Waals surface area contributed by atoms with Crippen LogP contribution in [0.1, 0.15) is 11.8 Å². The summed E-state index contributed by atoms with van der Waals surface area (Å²) in [6.45, 7) is 0.890. The molecular weight excluding hydrogens is 214 g/mol. The van der Waals surface area contributed by atoms with Crippen molar-refractivity contribution in [1.82, 2.24) is 4.90 Å². The second-order valence-electron chi connectivity index (χ2n) is 4.32. The lowest BCUT2D eigenvalue weighted by molar-refractivity contribution is 0.300. The zero-order chi connectivity index (χ0) is 11.8. The van der Waals surface area contributed by atoms with Gasteiger partial charge in [-0.05, 0) is 19.2 Å². The van der Waals surface area contributed by atoms with E-state index in [1.165, 1.54) is 0 Å². The summed E-state index contributed by atoms with van der Waals surface area (Å²) >= 11 is 0. The first kappa shape index (κ1) is 10.3. The normalized spacial score (nSPS) is 20.2. The van der Waals surface area contributed by atoms with Gasteiger partial charge in [0.25, 0.3) is 0 Å². The maximum atomic E-state index is 12.0. The fraction of sp³-hybridized carbons (Fsp3) is 0.214. The molecule has 1 aromatic heterocycles. The van der Waals surface area contributed by atoms with Crippen molar-refractivity contribution < 1.29 is 4.42 Å². The fourth-order valence-corrected chi connectivity index (χ4v) is 2.20. The molecule has 3 heteroatoms. The standard InChI is InChI=1S/C14H13NO2/c1-15-8-4-6-11(15)14-9-12(16)10-5-2-3-7-13(10)17-14/h2-7,9,11H,8H2,1H3. The molecule has 1 atom stereocenters. The number of fused-ring (bicyclic) bond motifs is 1. The molecular formula is C14H13NO2. The summed E-state index contributed by atoms with van der Waals surface area (Å²) in [4.78, 5) is 14.1. The van der Waals surface area contributed by atoms with Gasteiger partial charge in [-0.1, -0.05) is 24.3 Å². The van der Waals surface area contributed by atoms with E-state index in [0.29, 0.717) is 16.7 Å². The van der Waals surface area contributed by atoms with Crippen molar-refractivity contribution in [3.8, 4) is 0 Å². The number of hydrogen-bond donors (Lipinski definition) is 0. The van der Waals surface area contributed by atoms with Crippen LogP contribution in [0.15, 0.2) is 51.7 Å². The first-order valence-corrected chi connectivity index (χ1v) is 5.65. The molecule has 0 aliphatic carbocycles. The van der Waals surface area contributed by atoms with Crippen molar-refractivity contribution in [1.29, 1.82) is 0 Å². The van der Waals surface area contributed by atoms with Crippen LogP contribution in [0.5, 0.6) is 0 Å². The van der Waals surface area contributed by atoms with Gasteiger partial charge in [0.1, 0.15) is 11.3 Å². The molecule has 0 N–H and O–H groups in total. The zero-order valence-electron chi connectivity index (χ0n) is 9.59. The van der Waals surface area contributed by atoms with Gasteiger partial charge in [0.2, 0.25) is 0 Å². The molecule has 0 spiro atoms. The highest BCUT2D eigenvalue weighted by molar-refractivity contribution is 5.76. The van der Waals surface area contributed by atoms with Crippen LogP contribution in [-0.2, 0) is 0 Å². The molecule has 0 saturated heterocycles. The minimum atomic E-state index is 0.0237. The summed E-state index contributed by atoms with van der Waals surface area (Å²) in [7, 11) is 2.01. The third-order valence-corrected chi connectivity index (χ3v) is 3.13. The van der Waals surface area contributed by atoms with E-state index in [0.717, 1.165) is 6.54 Å². The molecule has 0 saturated carbocycles. The second kappa shape index (κ2) is 3.86. The van der Waals surface area contributed by atoms with Crippen LogP contribution in [0.2, 0.25) is 0 Å². The molecule has 1 aromatic carbocycles. The minimum absolute atomic E-state index is 0.0237. The van der Waals surface area contributed by atoms with Crippen LogP contribution in [0.25, 0.3) is 11.0 Å². The number of para-hydroxylation sites is 1. The van der Waals surface area contributed by atoms with Gasteiger partial charge < -0.3 is 4.42 Å². The maximum Gasteiger partial charge on any atom is 0.193 e. The number of benzene rings is 1. The lowest BCUT2D eigenvalue weighted by atomic mass is 10.1. The Balaban J connectivity index is 2.19. The van der Waals surface area contributed by atoms with Gasteiger partial charge in [0, 0.05) is 12.6 Å². The van der Waals surface area contributed by atoms with Gasteiger partial charge in [-0.2, -0.15) is 0 Å². The highest BCUT2D eigenvalue weighted by Crippen LogP contribution is 2.25. The first-order valence-electron chi connectivity index (χ1n) is 5.65. The van der Waals surface area contributed by atoms with Gasteiger partial charge in [0.05, 0.1) is 11.4 Å². The summed E-state index contributed by atoms with van der Waals surface area (Å²) in [5, 5.41) is 0.640. The van der Waals surface area contributed by atoms with Crippen molar-refractivity contribution in [3.05, 3.63) is 58.5 Å². The summed E-state index contributed by atoms with van der Waals surface area (Å²) in [5.41, 5.74) is 0.680. The Labute approximate surface area is 99.0 Å². The van der Waals surface area contributed by atoms with Crippen molar-refractivity contribution in [3.63, 3.8) is 0 Å². The quantitative estimate of drug-likeness (QED) is 0.701. The first-order chi connectivity index (χ1) is 8.25. The highest BCUT2D eigenvalue weighted by Gasteiger charge is 2.20. The van der Waals surface area contributed by atoms with Crippen molar-refractivity contribution in [2.24, 2.45) is 0 Å². The molecule has 17 heavy (non-hydrogen) atoms. The van der Waals surface area contributed by atoms with Crippen LogP contribution in [-0.4, -0.2) is 18.5 Å². The average Bonchev–Trinajstić information content (AvgIpc) is 2.75. The molecule has 0 amide bonds. The topological polar surface area (TPSA) is 33.5 Å². The molecule has 86 valence electrons. The SMILES string of the molecule is CN1CC=CC1c1cc(=O)c2ccccc2o1. The summed E-state index contributed by atoms with van der Waals surface area (Å²) in [5.74, 6) is 0.713. The van der Waals surface area contributed by atoms with Crippen LogP contribution >= 0.6 is 0 Å². The fourth-order valence-electron chi connectivity index (χ4n) is 2.20. The Hall–Kier alpha value is -1.87. The molecule has 3 rings (SSSR count). The third-order valence-electron chi connectivity index (χ3n) is 3.13. The lowest BCUT2D eigenvalue weighted by Crippen LogP contribution is -2.19. The van der Waals surface area contributed by atoms with E-state index in [9.17, 15) is 4.79 Å². The van der Waals surface area contributed by atoms with E-state index in [1.807, 2.05) is 25.2 Å². The molecule has 2 heterocycles. The number of rotatable bonds is 1. The molecule has 2 aromatic rings. The van der Waals surface area contributed by atoms with Gasteiger partial charge in [0.15, 0.2) is 5.43 Å². The largest absolute Gasteiger partial charge is 0.459 e. The van der Waals surface area contributed by atoms with E-state index in [-0.39, 0.29) is 11.5 Å². The minimum Gasteiger partial charge on any atom is -0.459 e. The van der Waals surface area contributed by atoms with E-state index in [4.69, 9.17) is 4.42 Å². The van der Waals surface area contributed by atoms with Crippen LogP contribution in [0.3, 0.4) is 0 Å². The molecule has 1 aliphatic rings. The maximum absolute atomic E-state index is 12.0. The lowest BCUT2D eigenvalue weighted by Gasteiger charge is -2.17. The summed E-state index contributed by atoms with van der Waals surface area (Å²) < 4.78 is 5.80. The van der Waals surface area contributed by atoms with Crippen LogP contribution in [0.4, 0.5) is 0 Å². The van der Waals surface area contributed by atoms with Crippen molar-refractivity contribution in [2.75, 3.05) is 13.6 Å². The number of likely N-dealkylation sites (N-methyl/N-ethyl adjacent to an activating group) is 1. The summed E-state index contributed by atoms with van der Waals surface area (Å²) in [6.07, 6.45) is 4.15. The molecule has 1 aliphatic heterocycles.